The van der Waals surface area contributed by atoms with Gasteiger partial charge in [-0.3, -0.25) is 9.59 Å². The molecule has 1 fully saturated rings. The number of hydrogen-bond donors (Lipinski definition) is 1. The quantitative estimate of drug-likeness (QED) is 0.484. The van der Waals surface area contributed by atoms with Gasteiger partial charge in [0.2, 0.25) is 5.91 Å². The molecule has 0 saturated carbocycles. The lowest BCUT2D eigenvalue weighted by molar-refractivity contribution is -0.120. The van der Waals surface area contributed by atoms with Crippen LogP contribution in [0.4, 0.5) is 10.1 Å². The van der Waals surface area contributed by atoms with Crippen LogP contribution in [0, 0.1) is 5.82 Å². The van der Waals surface area contributed by atoms with Crippen molar-refractivity contribution in [3.63, 3.8) is 0 Å². The summed E-state index contributed by atoms with van der Waals surface area (Å²) < 4.78 is 19.3. The summed E-state index contributed by atoms with van der Waals surface area (Å²) >= 11 is 5.97. The monoisotopic (exact) mass is 480 g/mol. The molecule has 2 amide bonds. The van der Waals surface area contributed by atoms with Crippen LogP contribution in [0.15, 0.2) is 72.8 Å². The van der Waals surface area contributed by atoms with Gasteiger partial charge in [0, 0.05) is 29.4 Å². The van der Waals surface area contributed by atoms with E-state index in [4.69, 9.17) is 16.3 Å². The average Bonchev–Trinajstić information content (AvgIpc) is 3.36. The van der Waals surface area contributed by atoms with Gasteiger partial charge in [0.15, 0.2) is 0 Å². The molecule has 0 radical (unpaired) electrons. The summed E-state index contributed by atoms with van der Waals surface area (Å²) in [6.45, 7) is 1.47. The zero-order valence-corrected chi connectivity index (χ0v) is 19.4. The highest BCUT2D eigenvalue weighted by molar-refractivity contribution is 6.30. The first-order chi connectivity index (χ1) is 16.5. The number of amides is 2. The Kier molecular flexibility index (Phi) is 7.93. The Morgan fingerprint density at radius 3 is 2.47 bits per heavy atom. The van der Waals surface area contributed by atoms with E-state index in [-0.39, 0.29) is 36.7 Å². The first-order valence-corrected chi connectivity index (χ1v) is 11.6. The van der Waals surface area contributed by atoms with Crippen LogP contribution in [0.3, 0.4) is 0 Å². The Morgan fingerprint density at radius 2 is 1.79 bits per heavy atom. The fourth-order valence-electron chi connectivity index (χ4n) is 3.92. The highest BCUT2D eigenvalue weighted by Crippen LogP contribution is 2.23. The van der Waals surface area contributed by atoms with Gasteiger partial charge < -0.3 is 15.0 Å². The van der Waals surface area contributed by atoms with Crippen LogP contribution in [0.25, 0.3) is 0 Å². The van der Waals surface area contributed by atoms with Gasteiger partial charge >= 0.3 is 0 Å². The first-order valence-electron chi connectivity index (χ1n) is 11.3. The molecule has 7 heteroatoms. The smallest absolute Gasteiger partial charge is 0.258 e. The molecule has 34 heavy (non-hydrogen) atoms. The van der Waals surface area contributed by atoms with Crippen molar-refractivity contribution < 1.29 is 18.7 Å². The fourth-order valence-corrected chi connectivity index (χ4v) is 4.05. The zero-order valence-electron chi connectivity index (χ0n) is 18.7. The van der Waals surface area contributed by atoms with E-state index in [9.17, 15) is 14.0 Å². The highest BCUT2D eigenvalue weighted by atomic mass is 35.5. The second kappa shape index (κ2) is 11.3. The second-order valence-corrected chi connectivity index (χ2v) is 8.75. The van der Waals surface area contributed by atoms with E-state index >= 15 is 0 Å². The van der Waals surface area contributed by atoms with Crippen LogP contribution >= 0.6 is 11.6 Å². The number of anilines is 1. The summed E-state index contributed by atoms with van der Waals surface area (Å²) in [5, 5.41) is 3.46. The maximum absolute atomic E-state index is 13.8. The average molecular weight is 481 g/mol. The highest BCUT2D eigenvalue weighted by Gasteiger charge is 2.19. The number of nitrogens with one attached hydrogen (secondary N) is 1. The van der Waals surface area contributed by atoms with Crippen molar-refractivity contribution in [3.05, 3.63) is 100 Å². The molecule has 1 saturated heterocycles. The van der Waals surface area contributed by atoms with E-state index in [0.717, 1.165) is 25.0 Å². The van der Waals surface area contributed by atoms with Crippen molar-refractivity contribution in [2.24, 2.45) is 0 Å². The van der Waals surface area contributed by atoms with E-state index in [1.165, 1.54) is 12.1 Å². The summed E-state index contributed by atoms with van der Waals surface area (Å²) in [4.78, 5) is 27.2. The van der Waals surface area contributed by atoms with Crippen LogP contribution in [-0.2, 0) is 22.5 Å². The first kappa shape index (κ1) is 23.9. The molecule has 0 aliphatic carbocycles. The van der Waals surface area contributed by atoms with Gasteiger partial charge in [-0.1, -0.05) is 35.9 Å². The molecule has 3 aromatic carbocycles. The van der Waals surface area contributed by atoms with Gasteiger partial charge in [0.05, 0.1) is 19.1 Å². The van der Waals surface area contributed by atoms with Gasteiger partial charge in [0.1, 0.15) is 5.82 Å². The SMILES string of the molecule is O=C(Cc1ccc(N(Cc2cccc(F)c2)C(=O)c2ccc(Cl)cc2)cc1)NCC1CCCO1. The van der Waals surface area contributed by atoms with Crippen molar-refractivity contribution in [1.82, 2.24) is 5.32 Å². The number of carbonyl (C=O) groups excluding carboxylic acids is 2. The van der Waals surface area contributed by atoms with Gasteiger partial charge in [0.25, 0.3) is 5.91 Å². The van der Waals surface area contributed by atoms with Crippen molar-refractivity contribution in [2.75, 3.05) is 18.1 Å². The molecule has 5 nitrogen and oxygen atoms in total. The number of rotatable bonds is 8. The van der Waals surface area contributed by atoms with E-state index in [2.05, 4.69) is 5.32 Å². The fraction of sp³-hybridized carbons (Fsp3) is 0.259. The summed E-state index contributed by atoms with van der Waals surface area (Å²) in [7, 11) is 0. The maximum atomic E-state index is 13.8. The van der Waals surface area contributed by atoms with Crippen molar-refractivity contribution in [1.29, 1.82) is 0 Å². The second-order valence-electron chi connectivity index (χ2n) is 8.31. The minimum Gasteiger partial charge on any atom is -0.376 e. The van der Waals surface area contributed by atoms with Gasteiger partial charge in [-0.15, -0.1) is 0 Å². The van der Waals surface area contributed by atoms with Crippen molar-refractivity contribution in [3.8, 4) is 0 Å². The molecule has 176 valence electrons. The third kappa shape index (κ3) is 6.43. The number of benzene rings is 3. The van der Waals surface area contributed by atoms with Crippen molar-refractivity contribution >= 4 is 29.1 Å². The lowest BCUT2D eigenvalue weighted by Gasteiger charge is -2.23. The Balaban J connectivity index is 1.49. The number of hydrogen-bond acceptors (Lipinski definition) is 3. The standard InChI is InChI=1S/C27H26ClFN2O3/c28-22-10-8-21(9-11-22)27(33)31(18-20-3-1-4-23(29)15-20)24-12-6-19(7-13-24)16-26(32)30-17-25-5-2-14-34-25/h1,3-4,6-13,15,25H,2,5,14,16-18H2,(H,30,32). The number of nitrogens with zero attached hydrogens (tertiary/aromatic N) is 1. The Bertz CT molecular complexity index is 1130. The number of carbonyl (C=O) groups is 2. The topological polar surface area (TPSA) is 58.6 Å². The van der Waals surface area contributed by atoms with Crippen molar-refractivity contribution in [2.45, 2.75) is 31.9 Å². The van der Waals surface area contributed by atoms with Crippen LogP contribution in [0.2, 0.25) is 5.02 Å². The Labute approximate surface area is 203 Å². The van der Waals surface area contributed by atoms with Gasteiger partial charge in [-0.05, 0) is 72.5 Å². The normalized spacial score (nSPS) is 15.2. The molecule has 1 heterocycles. The van der Waals surface area contributed by atoms with Crippen LogP contribution in [0.1, 0.15) is 34.3 Å². The Hall–Kier alpha value is -3.22. The molecule has 4 rings (SSSR count). The molecule has 1 aliphatic rings. The summed E-state index contributed by atoms with van der Waals surface area (Å²) in [6.07, 6.45) is 2.34. The summed E-state index contributed by atoms with van der Waals surface area (Å²) in [5.74, 6) is -0.666. The third-order valence-electron chi connectivity index (χ3n) is 5.73. The molecule has 1 N–H and O–H groups in total. The van der Waals surface area contributed by atoms with Gasteiger partial charge in [-0.25, -0.2) is 4.39 Å². The predicted molar refractivity (Wildman–Crippen MR) is 130 cm³/mol. The van der Waals surface area contributed by atoms with E-state index in [1.54, 1.807) is 53.4 Å². The maximum Gasteiger partial charge on any atom is 0.258 e. The molecule has 3 aromatic rings. The zero-order chi connectivity index (χ0) is 23.9. The minimum absolute atomic E-state index is 0.0721. The predicted octanol–water partition coefficient (Wildman–Crippen LogP) is 5.16. The molecule has 1 unspecified atom stereocenters. The van der Waals surface area contributed by atoms with Crippen LogP contribution < -0.4 is 10.2 Å². The number of ether oxygens (including phenoxy) is 1. The van der Waals surface area contributed by atoms with Gasteiger partial charge in [-0.2, -0.15) is 0 Å². The van der Waals surface area contributed by atoms with Crippen LogP contribution in [0.5, 0.6) is 0 Å². The van der Waals surface area contributed by atoms with E-state index < -0.39 is 0 Å². The lowest BCUT2D eigenvalue weighted by Crippen LogP contribution is -2.32. The largest absolute Gasteiger partial charge is 0.376 e. The molecule has 0 bridgehead atoms. The molecule has 1 atom stereocenters. The summed E-state index contributed by atoms with van der Waals surface area (Å²) in [6, 6.07) is 20.1. The Morgan fingerprint density at radius 1 is 1.03 bits per heavy atom. The molecule has 1 aliphatic heterocycles. The molecular formula is C27H26ClFN2O3. The lowest BCUT2D eigenvalue weighted by atomic mass is 10.1. The third-order valence-corrected chi connectivity index (χ3v) is 5.98. The molecule has 0 spiro atoms. The molecule has 0 aromatic heterocycles. The van der Waals surface area contributed by atoms with E-state index in [1.807, 2.05) is 12.1 Å². The van der Waals surface area contributed by atoms with E-state index in [0.29, 0.717) is 28.4 Å². The number of halogens is 2. The molecular weight excluding hydrogens is 455 g/mol. The summed E-state index contributed by atoms with van der Waals surface area (Å²) in [5.41, 5.74) is 2.62. The minimum atomic E-state index is -0.360. The van der Waals surface area contributed by atoms with Crippen LogP contribution in [-0.4, -0.2) is 31.1 Å².